The van der Waals surface area contributed by atoms with Gasteiger partial charge in [-0.3, -0.25) is 0 Å². The van der Waals surface area contributed by atoms with Crippen LogP contribution in [0, 0.1) is 5.92 Å². The summed E-state index contributed by atoms with van der Waals surface area (Å²) in [6.07, 6.45) is 2.66. The number of nitrogens with one attached hydrogen (secondary N) is 1. The lowest BCUT2D eigenvalue weighted by atomic mass is 10.1. The number of benzene rings is 1. The zero-order valence-corrected chi connectivity index (χ0v) is 12.6. The lowest BCUT2D eigenvalue weighted by Crippen LogP contribution is -2.10. The summed E-state index contributed by atoms with van der Waals surface area (Å²) in [5.74, 6) is 2.05. The topological polar surface area (TPSA) is 51.0 Å². The van der Waals surface area contributed by atoms with E-state index in [4.69, 9.17) is 16.1 Å². The van der Waals surface area contributed by atoms with Crippen molar-refractivity contribution in [1.29, 1.82) is 0 Å². The van der Waals surface area contributed by atoms with Crippen molar-refractivity contribution in [2.45, 2.75) is 19.3 Å². The van der Waals surface area contributed by atoms with E-state index in [-0.39, 0.29) is 12.4 Å². The summed E-state index contributed by atoms with van der Waals surface area (Å²) in [4.78, 5) is 4.45. The molecule has 1 aliphatic heterocycles. The molecule has 108 valence electrons. The number of rotatable bonds is 4. The fraction of sp³-hybridized carbons (Fsp3) is 0.429. The van der Waals surface area contributed by atoms with E-state index in [2.05, 4.69) is 15.5 Å². The van der Waals surface area contributed by atoms with Crippen LogP contribution in [0.1, 0.15) is 23.7 Å². The van der Waals surface area contributed by atoms with Crippen LogP contribution in [0.25, 0.3) is 0 Å². The van der Waals surface area contributed by atoms with E-state index in [1.54, 1.807) is 0 Å². The molecule has 1 atom stereocenters. The smallest absolute Gasteiger partial charge is 0.226 e. The second-order valence-electron chi connectivity index (χ2n) is 4.94. The Hall–Kier alpha value is -1.10. The lowest BCUT2D eigenvalue weighted by Gasteiger charge is -2.02. The first kappa shape index (κ1) is 15.3. The van der Waals surface area contributed by atoms with Crippen LogP contribution in [-0.2, 0) is 12.8 Å². The Bertz CT molecular complexity index is 553. The number of nitrogens with zero attached hydrogens (tertiary/aromatic N) is 2. The van der Waals surface area contributed by atoms with Gasteiger partial charge in [0.2, 0.25) is 5.89 Å². The number of aromatic nitrogens is 2. The zero-order chi connectivity index (χ0) is 13.1. The monoisotopic (exact) mass is 313 g/mol. The van der Waals surface area contributed by atoms with Crippen molar-refractivity contribution < 1.29 is 4.52 Å². The van der Waals surface area contributed by atoms with E-state index < -0.39 is 0 Å². The van der Waals surface area contributed by atoms with Crippen LogP contribution in [0.5, 0.6) is 0 Å². The van der Waals surface area contributed by atoms with Gasteiger partial charge in [0.15, 0.2) is 5.82 Å². The van der Waals surface area contributed by atoms with Gasteiger partial charge < -0.3 is 9.84 Å². The number of hydrogen-bond donors (Lipinski definition) is 1. The summed E-state index contributed by atoms with van der Waals surface area (Å²) < 4.78 is 5.31. The largest absolute Gasteiger partial charge is 0.339 e. The average Bonchev–Trinajstić information content (AvgIpc) is 3.05. The summed E-state index contributed by atoms with van der Waals surface area (Å²) in [7, 11) is 0. The molecule has 0 amide bonds. The third kappa shape index (κ3) is 3.72. The van der Waals surface area contributed by atoms with Crippen LogP contribution in [0.2, 0.25) is 5.02 Å². The van der Waals surface area contributed by atoms with E-state index in [1.807, 2.05) is 24.3 Å². The van der Waals surface area contributed by atoms with Gasteiger partial charge in [-0.05, 0) is 37.1 Å². The average molecular weight is 314 g/mol. The summed E-state index contributed by atoms with van der Waals surface area (Å²) in [6.45, 7) is 2.13. The van der Waals surface area contributed by atoms with Crippen LogP contribution in [0.3, 0.4) is 0 Å². The molecule has 2 heterocycles. The molecule has 0 saturated carbocycles. The van der Waals surface area contributed by atoms with E-state index in [0.29, 0.717) is 18.2 Å². The Morgan fingerprint density at radius 3 is 2.95 bits per heavy atom. The Balaban J connectivity index is 0.00000147. The van der Waals surface area contributed by atoms with Crippen molar-refractivity contribution in [2.24, 2.45) is 5.92 Å². The molecule has 4 nitrogen and oxygen atoms in total. The van der Waals surface area contributed by atoms with Gasteiger partial charge in [-0.25, -0.2) is 0 Å². The summed E-state index contributed by atoms with van der Waals surface area (Å²) >= 11 is 6.12. The van der Waals surface area contributed by atoms with Crippen LogP contribution in [-0.4, -0.2) is 23.2 Å². The van der Waals surface area contributed by atoms with Gasteiger partial charge in [-0.1, -0.05) is 35.0 Å². The summed E-state index contributed by atoms with van der Waals surface area (Å²) in [6, 6.07) is 7.74. The Morgan fingerprint density at radius 1 is 1.35 bits per heavy atom. The maximum atomic E-state index is 6.12. The van der Waals surface area contributed by atoms with Gasteiger partial charge >= 0.3 is 0 Å². The van der Waals surface area contributed by atoms with Crippen molar-refractivity contribution in [3.63, 3.8) is 0 Å². The van der Waals surface area contributed by atoms with Crippen LogP contribution in [0.4, 0.5) is 0 Å². The molecular formula is C14H17Cl2N3O. The van der Waals surface area contributed by atoms with E-state index in [0.717, 1.165) is 36.0 Å². The second-order valence-corrected chi connectivity index (χ2v) is 5.34. The Morgan fingerprint density at radius 2 is 2.20 bits per heavy atom. The molecule has 0 bridgehead atoms. The molecule has 1 aliphatic rings. The highest BCUT2D eigenvalue weighted by Gasteiger charge is 2.18. The first-order chi connectivity index (χ1) is 9.31. The van der Waals surface area contributed by atoms with E-state index in [9.17, 15) is 0 Å². The molecule has 1 unspecified atom stereocenters. The van der Waals surface area contributed by atoms with Crippen molar-refractivity contribution in [1.82, 2.24) is 15.5 Å². The van der Waals surface area contributed by atoms with Gasteiger partial charge in [-0.2, -0.15) is 4.98 Å². The number of hydrogen-bond acceptors (Lipinski definition) is 4. The number of halogens is 2. The maximum absolute atomic E-state index is 6.12. The van der Waals surface area contributed by atoms with Gasteiger partial charge in [0.05, 0.1) is 0 Å². The van der Waals surface area contributed by atoms with Crippen LogP contribution in [0.15, 0.2) is 28.8 Å². The molecule has 3 rings (SSSR count). The maximum Gasteiger partial charge on any atom is 0.226 e. The third-order valence-corrected chi connectivity index (χ3v) is 3.81. The SMILES string of the molecule is Cl.Clc1ccccc1Cc1noc(CC2CCNC2)n1. The molecule has 1 fully saturated rings. The van der Waals surface area contributed by atoms with E-state index >= 15 is 0 Å². The highest BCUT2D eigenvalue weighted by atomic mass is 35.5. The zero-order valence-electron chi connectivity index (χ0n) is 11.0. The normalized spacial score (nSPS) is 17.9. The minimum atomic E-state index is 0. The first-order valence-electron chi connectivity index (χ1n) is 6.57. The quantitative estimate of drug-likeness (QED) is 0.943. The van der Waals surface area contributed by atoms with Gasteiger partial charge in [0, 0.05) is 17.9 Å². The molecule has 6 heteroatoms. The van der Waals surface area contributed by atoms with Gasteiger partial charge in [-0.15, -0.1) is 12.4 Å². The second kappa shape index (κ2) is 7.07. The molecular weight excluding hydrogens is 297 g/mol. The molecule has 1 aromatic carbocycles. The van der Waals surface area contributed by atoms with Gasteiger partial charge in [0.25, 0.3) is 0 Å². The molecule has 0 radical (unpaired) electrons. The molecule has 20 heavy (non-hydrogen) atoms. The molecule has 0 spiro atoms. The minimum absolute atomic E-state index is 0. The fourth-order valence-electron chi connectivity index (χ4n) is 2.39. The summed E-state index contributed by atoms with van der Waals surface area (Å²) in [5.41, 5.74) is 1.03. The molecule has 0 aliphatic carbocycles. The Kier molecular flexibility index (Phi) is 5.40. The van der Waals surface area contributed by atoms with Crippen molar-refractivity contribution in [3.8, 4) is 0 Å². The summed E-state index contributed by atoms with van der Waals surface area (Å²) in [5, 5.41) is 8.11. The van der Waals surface area contributed by atoms with Crippen LogP contribution >= 0.6 is 24.0 Å². The highest BCUT2D eigenvalue weighted by Crippen LogP contribution is 2.19. The standard InChI is InChI=1S/C14H16ClN3O.ClH/c15-12-4-2-1-3-11(12)8-13-17-14(19-18-13)7-10-5-6-16-9-10;/h1-4,10,16H,5-9H2;1H. The first-order valence-corrected chi connectivity index (χ1v) is 6.94. The predicted octanol–water partition coefficient (Wildman–Crippen LogP) is 2.89. The molecule has 2 aromatic rings. The molecule has 1 N–H and O–H groups in total. The van der Waals surface area contributed by atoms with Crippen molar-refractivity contribution in [3.05, 3.63) is 46.6 Å². The third-order valence-electron chi connectivity index (χ3n) is 3.44. The van der Waals surface area contributed by atoms with Crippen LogP contribution < -0.4 is 5.32 Å². The minimum Gasteiger partial charge on any atom is -0.339 e. The Labute approximate surface area is 129 Å². The predicted molar refractivity (Wildman–Crippen MR) is 80.5 cm³/mol. The molecule has 1 saturated heterocycles. The fourth-order valence-corrected chi connectivity index (χ4v) is 2.60. The van der Waals surface area contributed by atoms with E-state index in [1.165, 1.54) is 6.42 Å². The lowest BCUT2D eigenvalue weighted by molar-refractivity contribution is 0.354. The highest BCUT2D eigenvalue weighted by molar-refractivity contribution is 6.31. The van der Waals surface area contributed by atoms with Crippen molar-refractivity contribution >= 4 is 24.0 Å². The van der Waals surface area contributed by atoms with Crippen molar-refractivity contribution in [2.75, 3.05) is 13.1 Å². The van der Waals surface area contributed by atoms with Gasteiger partial charge in [0.1, 0.15) is 0 Å². The molecule has 1 aromatic heterocycles.